The predicted molar refractivity (Wildman–Crippen MR) is 138 cm³/mol. The molecule has 0 radical (unpaired) electrons. The van der Waals surface area contributed by atoms with Gasteiger partial charge >= 0.3 is 0 Å². The third kappa shape index (κ3) is 4.89. The van der Waals surface area contributed by atoms with Crippen molar-refractivity contribution < 1.29 is 14.3 Å². The number of hydrogen-bond donors (Lipinski definition) is 2. The topological polar surface area (TPSA) is 101 Å². The zero-order valence-corrected chi connectivity index (χ0v) is 20.8. The molecule has 0 spiro atoms. The van der Waals surface area contributed by atoms with Crippen molar-refractivity contribution in [2.24, 2.45) is 0 Å². The number of nitrogen functional groups attached to an aromatic ring is 1. The van der Waals surface area contributed by atoms with Gasteiger partial charge in [-0.05, 0) is 49.1 Å². The Morgan fingerprint density at radius 2 is 1.89 bits per heavy atom. The maximum Gasteiger partial charge on any atom is 0.263 e. The molecular formula is C26H31N5O3S. The number of carbonyl (C=O) groups is 2. The van der Waals surface area contributed by atoms with Gasteiger partial charge in [0, 0.05) is 44.2 Å². The van der Waals surface area contributed by atoms with E-state index in [4.69, 9.17) is 15.5 Å². The van der Waals surface area contributed by atoms with Crippen LogP contribution in [0.5, 0.6) is 0 Å². The monoisotopic (exact) mass is 493 g/mol. The highest BCUT2D eigenvalue weighted by atomic mass is 32.1. The van der Waals surface area contributed by atoms with Gasteiger partial charge in [0.2, 0.25) is 0 Å². The minimum absolute atomic E-state index is 0.0336. The van der Waals surface area contributed by atoms with Crippen molar-refractivity contribution in [1.29, 1.82) is 0 Å². The quantitative estimate of drug-likeness (QED) is 0.565. The highest BCUT2D eigenvalue weighted by molar-refractivity contribution is 7.21. The van der Waals surface area contributed by atoms with Gasteiger partial charge in [-0.25, -0.2) is 4.98 Å². The lowest BCUT2D eigenvalue weighted by molar-refractivity contribution is 0.0342. The average molecular weight is 494 g/mol. The number of morpholine rings is 1. The Bertz CT molecular complexity index is 1220. The van der Waals surface area contributed by atoms with Gasteiger partial charge in [-0.1, -0.05) is 12.1 Å². The van der Waals surface area contributed by atoms with Crippen LogP contribution in [-0.2, 0) is 11.3 Å². The first kappa shape index (κ1) is 23.7. The second-order valence-electron chi connectivity index (χ2n) is 9.11. The Morgan fingerprint density at radius 1 is 1.11 bits per heavy atom. The van der Waals surface area contributed by atoms with Crippen LogP contribution >= 0.6 is 11.3 Å². The number of benzene rings is 1. The van der Waals surface area contributed by atoms with Crippen LogP contribution in [0.3, 0.4) is 0 Å². The van der Waals surface area contributed by atoms with Crippen LogP contribution in [0.2, 0.25) is 0 Å². The van der Waals surface area contributed by atoms with Crippen molar-refractivity contribution in [3.8, 4) is 0 Å². The molecule has 8 nitrogen and oxygen atoms in total. The minimum atomic E-state index is -0.210. The zero-order chi connectivity index (χ0) is 24.4. The van der Waals surface area contributed by atoms with Crippen molar-refractivity contribution >= 4 is 39.1 Å². The Hall–Kier alpha value is -3.01. The molecule has 9 heteroatoms. The van der Waals surface area contributed by atoms with Gasteiger partial charge in [-0.15, -0.1) is 11.3 Å². The van der Waals surface area contributed by atoms with Gasteiger partial charge in [0.25, 0.3) is 11.8 Å². The lowest BCUT2D eigenvalue weighted by Gasteiger charge is -2.35. The van der Waals surface area contributed by atoms with Gasteiger partial charge in [0.1, 0.15) is 9.71 Å². The predicted octanol–water partition coefficient (Wildman–Crippen LogP) is 3.44. The molecule has 1 unspecified atom stereocenters. The Kier molecular flexibility index (Phi) is 6.99. The first-order chi connectivity index (χ1) is 17.0. The van der Waals surface area contributed by atoms with Crippen molar-refractivity contribution in [3.63, 3.8) is 0 Å². The van der Waals surface area contributed by atoms with E-state index in [1.807, 2.05) is 29.2 Å². The summed E-state index contributed by atoms with van der Waals surface area (Å²) in [6.45, 7) is 5.00. The summed E-state index contributed by atoms with van der Waals surface area (Å²) in [4.78, 5) is 36.1. The molecule has 1 aromatic carbocycles. The molecule has 1 atom stereocenters. The van der Waals surface area contributed by atoms with Crippen molar-refractivity contribution in [2.45, 2.75) is 31.8 Å². The largest absolute Gasteiger partial charge is 0.397 e. The number of aromatic nitrogens is 1. The maximum absolute atomic E-state index is 13.5. The summed E-state index contributed by atoms with van der Waals surface area (Å²) >= 11 is 1.29. The minimum Gasteiger partial charge on any atom is -0.397 e. The van der Waals surface area contributed by atoms with Gasteiger partial charge in [0.05, 0.1) is 30.6 Å². The lowest BCUT2D eigenvalue weighted by Crippen LogP contribution is -2.39. The van der Waals surface area contributed by atoms with E-state index < -0.39 is 0 Å². The summed E-state index contributed by atoms with van der Waals surface area (Å²) in [6.07, 6.45) is 2.89. The van der Waals surface area contributed by atoms with Crippen LogP contribution in [0.25, 0.3) is 10.2 Å². The summed E-state index contributed by atoms with van der Waals surface area (Å²) in [6, 6.07) is 11.8. The number of rotatable bonds is 5. The summed E-state index contributed by atoms with van der Waals surface area (Å²) < 4.78 is 5.43. The van der Waals surface area contributed by atoms with Crippen molar-refractivity contribution in [2.75, 3.05) is 45.6 Å². The number of nitrogens with two attached hydrogens (primary N) is 1. The smallest absolute Gasteiger partial charge is 0.263 e. The molecule has 2 amide bonds. The second-order valence-corrected chi connectivity index (χ2v) is 10.1. The first-order valence-electron chi connectivity index (χ1n) is 12.2. The molecule has 0 aliphatic carbocycles. The molecule has 0 saturated carbocycles. The van der Waals surface area contributed by atoms with E-state index in [2.05, 4.69) is 22.3 Å². The van der Waals surface area contributed by atoms with E-state index >= 15 is 0 Å². The number of piperidine rings is 1. The third-order valence-corrected chi connectivity index (χ3v) is 7.98. The maximum atomic E-state index is 13.5. The van der Waals surface area contributed by atoms with E-state index in [9.17, 15) is 9.59 Å². The van der Waals surface area contributed by atoms with Crippen LogP contribution in [0.1, 0.15) is 56.6 Å². The number of likely N-dealkylation sites (tertiary alicyclic amines) is 1. The van der Waals surface area contributed by atoms with Crippen molar-refractivity contribution in [1.82, 2.24) is 20.1 Å². The van der Waals surface area contributed by atoms with Crippen LogP contribution in [0.4, 0.5) is 5.69 Å². The normalized spacial score (nSPS) is 19.1. The number of fused-ring (bicyclic) bond motifs is 1. The molecule has 2 aromatic heterocycles. The fourth-order valence-corrected chi connectivity index (χ4v) is 5.94. The van der Waals surface area contributed by atoms with Gasteiger partial charge < -0.3 is 20.7 Å². The Labute approximate surface area is 209 Å². The van der Waals surface area contributed by atoms with Crippen molar-refractivity contribution in [3.05, 3.63) is 58.1 Å². The van der Waals surface area contributed by atoms with E-state index in [0.29, 0.717) is 22.7 Å². The van der Waals surface area contributed by atoms with E-state index in [0.717, 1.165) is 68.0 Å². The van der Waals surface area contributed by atoms with Crippen LogP contribution in [0.15, 0.2) is 36.4 Å². The second kappa shape index (κ2) is 10.3. The first-order valence-corrected chi connectivity index (χ1v) is 13.0. The fraction of sp³-hybridized carbons (Fsp3) is 0.423. The molecule has 3 aromatic rings. The molecule has 5 rings (SSSR count). The van der Waals surface area contributed by atoms with E-state index in [1.165, 1.54) is 16.9 Å². The molecule has 2 aliphatic heterocycles. The van der Waals surface area contributed by atoms with E-state index in [-0.39, 0.29) is 17.9 Å². The summed E-state index contributed by atoms with van der Waals surface area (Å²) in [5.74, 6) is -0.176. The number of nitrogens with zero attached hydrogens (tertiary/aromatic N) is 3. The molecule has 2 fully saturated rings. The number of nitrogens with one attached hydrogen (secondary N) is 1. The average Bonchev–Trinajstić information content (AvgIpc) is 3.24. The Balaban J connectivity index is 1.36. The van der Waals surface area contributed by atoms with Gasteiger partial charge in [-0.2, -0.15) is 0 Å². The highest BCUT2D eigenvalue weighted by Gasteiger charge is 2.30. The highest BCUT2D eigenvalue weighted by Crippen LogP contribution is 2.36. The lowest BCUT2D eigenvalue weighted by atomic mass is 9.97. The molecule has 3 N–H and O–H groups in total. The van der Waals surface area contributed by atoms with E-state index in [1.54, 1.807) is 7.05 Å². The summed E-state index contributed by atoms with van der Waals surface area (Å²) in [5, 5.41) is 3.41. The number of carbonyl (C=O) groups excluding carboxylic acids is 2. The number of ether oxygens (including phenoxy) is 1. The Morgan fingerprint density at radius 3 is 2.63 bits per heavy atom. The van der Waals surface area contributed by atoms with Crippen LogP contribution < -0.4 is 11.1 Å². The van der Waals surface area contributed by atoms with Crippen LogP contribution in [0, 0.1) is 0 Å². The number of thiophene rings is 1. The van der Waals surface area contributed by atoms with Gasteiger partial charge in [0.15, 0.2) is 0 Å². The number of amides is 2. The molecule has 35 heavy (non-hydrogen) atoms. The fourth-order valence-electron chi connectivity index (χ4n) is 4.90. The summed E-state index contributed by atoms with van der Waals surface area (Å²) in [7, 11) is 1.59. The number of pyridine rings is 1. The van der Waals surface area contributed by atoms with Crippen LogP contribution in [-0.4, -0.2) is 66.5 Å². The molecule has 184 valence electrons. The summed E-state index contributed by atoms with van der Waals surface area (Å²) in [5.41, 5.74) is 9.41. The molecule has 2 saturated heterocycles. The number of hydrogen-bond acceptors (Lipinski definition) is 7. The molecule has 2 aliphatic rings. The molecule has 0 bridgehead atoms. The zero-order valence-electron chi connectivity index (χ0n) is 20.0. The number of anilines is 1. The molecule has 4 heterocycles. The van der Waals surface area contributed by atoms with Gasteiger partial charge in [-0.3, -0.25) is 14.5 Å². The standard InChI is InChI=1S/C26H31N5O3S/c1-28-24(32)23-22(27)19-9-10-20(29-25(19)35-23)21-4-2-3-11-31(21)26(33)18-7-5-17(6-8-18)16-30-12-14-34-15-13-30/h5-10,21H,2-4,11-16,27H2,1H3,(H,28,32). The SMILES string of the molecule is CNC(=O)c1sc2nc(C3CCCCN3C(=O)c3ccc(CN4CCOCC4)cc3)ccc2c1N. The molecular weight excluding hydrogens is 462 g/mol. The third-order valence-electron chi connectivity index (χ3n) is 6.86.